The van der Waals surface area contributed by atoms with Crippen LogP contribution in [0.1, 0.15) is 0 Å². The highest BCUT2D eigenvalue weighted by atomic mass is 17.0. The van der Waals surface area contributed by atoms with Crippen LogP contribution in [-0.2, 0) is 4.84 Å². The largest absolute Gasteiger partial charge is 0.394 e. The number of nitro groups is 1. The number of hydrogen-bond acceptors (Lipinski definition) is 8. The maximum absolute atomic E-state index is 10.1. The van der Waals surface area contributed by atoms with E-state index in [4.69, 9.17) is 15.3 Å². The van der Waals surface area contributed by atoms with E-state index in [1.165, 1.54) is 0 Å². The average molecular weight is 212 g/mol. The Balaban J connectivity index is 4.48. The lowest BCUT2D eigenvalue weighted by Crippen LogP contribution is -2.46. The smallest absolute Gasteiger partial charge is 0.382 e. The lowest BCUT2D eigenvalue weighted by atomic mass is 10.2. The Hall–Kier alpha value is -1.52. The average Bonchev–Trinajstić information content (AvgIpc) is 2.11. The first kappa shape index (κ1) is 12.5. The van der Waals surface area contributed by atoms with Gasteiger partial charge in [-0.1, -0.05) is 0 Å². The Morgan fingerprint density at radius 2 is 1.79 bits per heavy atom. The van der Waals surface area contributed by atoms with Crippen LogP contribution in [0.4, 0.5) is 0 Å². The summed E-state index contributed by atoms with van der Waals surface area (Å²) in [4.78, 5) is 22.1. The molecule has 10 nitrogen and oxygen atoms in total. The van der Waals surface area contributed by atoms with E-state index in [9.17, 15) is 20.2 Å². The highest BCUT2D eigenvalue weighted by Gasteiger charge is 2.38. The van der Waals surface area contributed by atoms with Gasteiger partial charge in [0, 0.05) is 0 Å². The van der Waals surface area contributed by atoms with Crippen molar-refractivity contribution in [3.8, 4) is 0 Å². The lowest BCUT2D eigenvalue weighted by molar-refractivity contribution is -0.830. The number of hydrogen-bond donors (Lipinski definition) is 3. The molecule has 0 saturated carbocycles. The molecule has 0 aliphatic heterocycles. The maximum atomic E-state index is 10.1. The first-order chi connectivity index (χ1) is 6.40. The van der Waals surface area contributed by atoms with Crippen molar-refractivity contribution in [2.45, 2.75) is 18.4 Å². The normalized spacial score (nSPS) is 16.8. The molecule has 14 heavy (non-hydrogen) atoms. The zero-order valence-corrected chi connectivity index (χ0v) is 6.72. The van der Waals surface area contributed by atoms with Crippen LogP contribution in [0.15, 0.2) is 0 Å². The Morgan fingerprint density at radius 3 is 2.07 bits per heavy atom. The van der Waals surface area contributed by atoms with Gasteiger partial charge in [0.2, 0.25) is 0 Å². The third-order valence-electron chi connectivity index (χ3n) is 1.28. The van der Waals surface area contributed by atoms with Crippen LogP contribution in [0.2, 0.25) is 0 Å². The molecule has 0 saturated heterocycles. The standard InChI is InChI=1S/C4H8N2O8/c7-1-2(8)3(9)4(5(10)11)14-6(12)13/h2-4,7-9H,1H2/t2-,3+,4?/m1/s1. The van der Waals surface area contributed by atoms with Gasteiger partial charge in [-0.3, -0.25) is 10.1 Å². The molecule has 3 N–H and O–H groups in total. The molecule has 0 bridgehead atoms. The molecule has 0 aromatic rings. The van der Waals surface area contributed by atoms with Gasteiger partial charge in [0.05, 0.1) is 11.5 Å². The number of rotatable bonds is 6. The minimum absolute atomic E-state index is 0.980. The molecule has 0 rings (SSSR count). The van der Waals surface area contributed by atoms with E-state index in [-0.39, 0.29) is 0 Å². The highest BCUT2D eigenvalue weighted by molar-refractivity contribution is 4.68. The molecule has 0 heterocycles. The van der Waals surface area contributed by atoms with E-state index in [0.717, 1.165) is 0 Å². The fourth-order valence-corrected chi connectivity index (χ4v) is 0.612. The quantitative estimate of drug-likeness (QED) is 0.248. The molecule has 10 heteroatoms. The summed E-state index contributed by atoms with van der Waals surface area (Å²) in [5.74, 6) is 0. The van der Waals surface area contributed by atoms with Crippen LogP contribution in [0.5, 0.6) is 0 Å². The molecule has 0 aromatic carbocycles. The molecule has 3 atom stereocenters. The second kappa shape index (κ2) is 5.26. The highest BCUT2D eigenvalue weighted by Crippen LogP contribution is 2.05. The van der Waals surface area contributed by atoms with E-state index in [1.54, 1.807) is 0 Å². The first-order valence-electron chi connectivity index (χ1n) is 3.31. The van der Waals surface area contributed by atoms with Gasteiger partial charge in [-0.15, -0.1) is 10.1 Å². The molecular weight excluding hydrogens is 204 g/mol. The molecule has 0 aliphatic carbocycles. The molecule has 0 spiro atoms. The van der Waals surface area contributed by atoms with Crippen molar-refractivity contribution in [3.05, 3.63) is 20.2 Å². The minimum atomic E-state index is -2.42. The lowest BCUT2D eigenvalue weighted by Gasteiger charge is -2.17. The van der Waals surface area contributed by atoms with Gasteiger partial charge >= 0.3 is 11.3 Å². The summed E-state index contributed by atoms with van der Waals surface area (Å²) in [6, 6.07) is 0. The van der Waals surface area contributed by atoms with Gasteiger partial charge in [-0.25, -0.2) is 4.84 Å². The van der Waals surface area contributed by atoms with Gasteiger partial charge in [0.1, 0.15) is 6.10 Å². The molecule has 0 radical (unpaired) electrons. The summed E-state index contributed by atoms with van der Waals surface area (Å²) in [5.41, 5.74) is 0. The van der Waals surface area contributed by atoms with Crippen LogP contribution in [0.25, 0.3) is 0 Å². The first-order valence-corrected chi connectivity index (χ1v) is 3.31. The van der Waals surface area contributed by atoms with Crippen molar-refractivity contribution >= 4 is 0 Å². The van der Waals surface area contributed by atoms with E-state index in [1.807, 2.05) is 0 Å². The Morgan fingerprint density at radius 1 is 1.29 bits per heavy atom. The molecule has 82 valence electrons. The van der Waals surface area contributed by atoms with Crippen molar-refractivity contribution in [1.82, 2.24) is 0 Å². The van der Waals surface area contributed by atoms with Gasteiger partial charge in [0.25, 0.3) is 0 Å². The summed E-state index contributed by atoms with van der Waals surface area (Å²) in [7, 11) is 0. The summed E-state index contributed by atoms with van der Waals surface area (Å²) >= 11 is 0. The van der Waals surface area contributed by atoms with Crippen LogP contribution < -0.4 is 0 Å². The summed E-state index contributed by atoms with van der Waals surface area (Å²) < 4.78 is 0. The van der Waals surface area contributed by atoms with E-state index in [0.29, 0.717) is 0 Å². The maximum Gasteiger partial charge on any atom is 0.382 e. The van der Waals surface area contributed by atoms with Gasteiger partial charge < -0.3 is 15.3 Å². The third-order valence-corrected chi connectivity index (χ3v) is 1.28. The molecule has 0 fully saturated rings. The number of aliphatic hydroxyl groups excluding tert-OH is 3. The van der Waals surface area contributed by atoms with Gasteiger partial charge in [-0.05, 0) is 0 Å². The van der Waals surface area contributed by atoms with E-state index >= 15 is 0 Å². The Labute approximate surface area is 76.6 Å². The van der Waals surface area contributed by atoms with Crippen LogP contribution in [0.3, 0.4) is 0 Å². The zero-order valence-electron chi connectivity index (χ0n) is 6.72. The van der Waals surface area contributed by atoms with Crippen LogP contribution in [-0.4, -0.2) is 50.4 Å². The minimum Gasteiger partial charge on any atom is -0.394 e. The Kier molecular flexibility index (Phi) is 4.69. The monoisotopic (exact) mass is 212 g/mol. The number of nitrogens with zero attached hydrogens (tertiary/aromatic N) is 2. The van der Waals surface area contributed by atoms with Gasteiger partial charge in [-0.2, -0.15) is 0 Å². The molecule has 0 aromatic heterocycles. The predicted molar refractivity (Wildman–Crippen MR) is 38.0 cm³/mol. The molecule has 0 amide bonds. The topological polar surface area (TPSA) is 156 Å². The van der Waals surface area contributed by atoms with E-state index in [2.05, 4.69) is 4.84 Å². The Bertz CT molecular complexity index is 219. The second-order valence-electron chi connectivity index (χ2n) is 2.25. The molecule has 0 aliphatic rings. The van der Waals surface area contributed by atoms with Gasteiger partial charge in [0.15, 0.2) is 6.10 Å². The zero-order chi connectivity index (χ0) is 11.3. The summed E-state index contributed by atoms with van der Waals surface area (Å²) in [6.45, 7) is -0.980. The molecule has 1 unspecified atom stereocenters. The van der Waals surface area contributed by atoms with Crippen molar-refractivity contribution in [1.29, 1.82) is 0 Å². The predicted octanol–water partition coefficient (Wildman–Crippen LogP) is -2.49. The van der Waals surface area contributed by atoms with E-state index < -0.39 is 35.1 Å². The van der Waals surface area contributed by atoms with Crippen molar-refractivity contribution in [2.24, 2.45) is 0 Å². The van der Waals surface area contributed by atoms with Crippen molar-refractivity contribution in [2.75, 3.05) is 6.61 Å². The van der Waals surface area contributed by atoms with Crippen LogP contribution in [0, 0.1) is 20.2 Å². The molecular formula is C4H8N2O8. The third kappa shape index (κ3) is 3.47. The fraction of sp³-hybridized carbons (Fsp3) is 1.00. The summed E-state index contributed by atoms with van der Waals surface area (Å²) in [5, 5.41) is 44.4. The second-order valence-corrected chi connectivity index (χ2v) is 2.25. The van der Waals surface area contributed by atoms with Crippen LogP contribution >= 0.6 is 0 Å². The SMILES string of the molecule is O=[N+]([O-])OC([C@@H](O)[C@H](O)CO)[N+](=O)[O-]. The van der Waals surface area contributed by atoms with Crippen molar-refractivity contribution in [3.63, 3.8) is 0 Å². The van der Waals surface area contributed by atoms with Crippen molar-refractivity contribution < 1.29 is 30.2 Å². The summed E-state index contributed by atoms with van der Waals surface area (Å²) in [6.07, 6.45) is -6.49. The number of aliphatic hydroxyl groups is 3. The fourth-order valence-electron chi connectivity index (χ4n) is 0.612.